The van der Waals surface area contributed by atoms with Crippen LogP contribution in [0.5, 0.6) is 0 Å². The molecule has 20 heavy (non-hydrogen) atoms. The summed E-state index contributed by atoms with van der Waals surface area (Å²) in [5.41, 5.74) is 1.10. The summed E-state index contributed by atoms with van der Waals surface area (Å²) in [6, 6.07) is 6.16. The largest absolute Gasteiger partial charge is 0.370 e. The predicted octanol–water partition coefficient (Wildman–Crippen LogP) is 1.51. The molecule has 3 rings (SSSR count). The standard InChI is InChI=1S/C14H20N6/c1-2-6-15-13-5-3-4-12(17-13)9-19-7-8-20-11-16-18-14(20)10-19/h3-5,11H,2,6-10H2,1H3,(H,15,17). The van der Waals surface area contributed by atoms with Crippen molar-refractivity contribution in [3.63, 3.8) is 0 Å². The molecule has 1 aliphatic rings. The van der Waals surface area contributed by atoms with Gasteiger partial charge in [-0.1, -0.05) is 13.0 Å². The Morgan fingerprint density at radius 3 is 3.15 bits per heavy atom. The average molecular weight is 272 g/mol. The van der Waals surface area contributed by atoms with E-state index >= 15 is 0 Å². The van der Waals surface area contributed by atoms with Crippen LogP contribution in [0.25, 0.3) is 0 Å². The van der Waals surface area contributed by atoms with E-state index in [9.17, 15) is 0 Å². The fourth-order valence-electron chi connectivity index (χ4n) is 2.40. The number of nitrogens with one attached hydrogen (secondary N) is 1. The van der Waals surface area contributed by atoms with E-state index in [1.54, 1.807) is 6.33 Å². The van der Waals surface area contributed by atoms with Crippen molar-refractivity contribution in [3.8, 4) is 0 Å². The second kappa shape index (κ2) is 6.00. The number of fused-ring (bicyclic) bond motifs is 1. The third kappa shape index (κ3) is 2.96. The molecule has 0 spiro atoms. The summed E-state index contributed by atoms with van der Waals surface area (Å²) < 4.78 is 2.11. The number of hydrogen-bond acceptors (Lipinski definition) is 5. The highest BCUT2D eigenvalue weighted by Crippen LogP contribution is 2.13. The molecule has 1 N–H and O–H groups in total. The maximum Gasteiger partial charge on any atom is 0.147 e. The molecule has 0 aromatic carbocycles. The third-order valence-corrected chi connectivity index (χ3v) is 3.47. The quantitative estimate of drug-likeness (QED) is 0.894. The highest BCUT2D eigenvalue weighted by Gasteiger charge is 2.17. The third-order valence-electron chi connectivity index (χ3n) is 3.47. The summed E-state index contributed by atoms with van der Waals surface area (Å²) in [5.74, 6) is 2.00. The van der Waals surface area contributed by atoms with Gasteiger partial charge in [0.15, 0.2) is 0 Å². The van der Waals surface area contributed by atoms with Gasteiger partial charge in [-0.2, -0.15) is 0 Å². The first-order valence-corrected chi connectivity index (χ1v) is 7.14. The summed E-state index contributed by atoms with van der Waals surface area (Å²) in [7, 11) is 0. The van der Waals surface area contributed by atoms with Crippen LogP contribution >= 0.6 is 0 Å². The lowest BCUT2D eigenvalue weighted by atomic mass is 10.3. The van der Waals surface area contributed by atoms with Crippen LogP contribution in [0.2, 0.25) is 0 Å². The van der Waals surface area contributed by atoms with Crippen molar-refractivity contribution in [1.29, 1.82) is 0 Å². The van der Waals surface area contributed by atoms with Gasteiger partial charge in [-0.3, -0.25) is 4.90 Å². The Hall–Kier alpha value is -1.95. The highest BCUT2D eigenvalue weighted by molar-refractivity contribution is 5.35. The maximum absolute atomic E-state index is 4.65. The molecule has 106 valence electrons. The number of pyridine rings is 1. The van der Waals surface area contributed by atoms with Crippen molar-refractivity contribution in [2.75, 3.05) is 18.4 Å². The van der Waals surface area contributed by atoms with E-state index in [1.165, 1.54) is 0 Å². The van der Waals surface area contributed by atoms with Gasteiger partial charge in [-0.05, 0) is 18.6 Å². The van der Waals surface area contributed by atoms with Crippen molar-refractivity contribution in [2.24, 2.45) is 0 Å². The first kappa shape index (κ1) is 13.1. The Labute approximate surface area is 118 Å². The molecule has 2 aromatic heterocycles. The van der Waals surface area contributed by atoms with Gasteiger partial charge < -0.3 is 9.88 Å². The topological polar surface area (TPSA) is 58.9 Å². The van der Waals surface area contributed by atoms with E-state index < -0.39 is 0 Å². The first-order chi connectivity index (χ1) is 9.85. The molecule has 0 saturated carbocycles. The van der Waals surface area contributed by atoms with E-state index in [0.29, 0.717) is 0 Å². The Morgan fingerprint density at radius 1 is 1.30 bits per heavy atom. The smallest absolute Gasteiger partial charge is 0.147 e. The number of anilines is 1. The molecular weight excluding hydrogens is 252 g/mol. The number of aromatic nitrogens is 4. The minimum atomic E-state index is 0.842. The molecule has 1 aliphatic heterocycles. The maximum atomic E-state index is 4.65. The molecule has 0 unspecified atom stereocenters. The Morgan fingerprint density at radius 2 is 2.25 bits per heavy atom. The van der Waals surface area contributed by atoms with Crippen molar-refractivity contribution in [3.05, 3.63) is 36.0 Å². The molecule has 6 nitrogen and oxygen atoms in total. The van der Waals surface area contributed by atoms with Crippen molar-refractivity contribution in [1.82, 2.24) is 24.6 Å². The fourth-order valence-corrected chi connectivity index (χ4v) is 2.40. The molecule has 0 amide bonds. The van der Waals surface area contributed by atoms with Crippen LogP contribution in [0.1, 0.15) is 24.9 Å². The molecule has 0 radical (unpaired) electrons. The van der Waals surface area contributed by atoms with Gasteiger partial charge in [0.1, 0.15) is 18.0 Å². The number of hydrogen-bond donors (Lipinski definition) is 1. The number of nitrogens with zero attached hydrogens (tertiary/aromatic N) is 5. The van der Waals surface area contributed by atoms with Crippen LogP contribution in [-0.4, -0.2) is 37.7 Å². The zero-order valence-electron chi connectivity index (χ0n) is 11.8. The first-order valence-electron chi connectivity index (χ1n) is 7.14. The molecule has 0 saturated heterocycles. The molecule has 0 fully saturated rings. The van der Waals surface area contributed by atoms with E-state index in [1.807, 2.05) is 6.07 Å². The molecular formula is C14H20N6. The molecule has 3 heterocycles. The average Bonchev–Trinajstić information content (AvgIpc) is 2.93. The fraction of sp³-hybridized carbons (Fsp3) is 0.500. The van der Waals surface area contributed by atoms with E-state index in [4.69, 9.17) is 0 Å². The minimum Gasteiger partial charge on any atom is -0.370 e. The molecule has 0 atom stereocenters. The second-order valence-electron chi connectivity index (χ2n) is 5.09. The molecule has 0 aliphatic carbocycles. The van der Waals surface area contributed by atoms with Crippen LogP contribution in [0.15, 0.2) is 24.5 Å². The second-order valence-corrected chi connectivity index (χ2v) is 5.09. The molecule has 2 aromatic rings. The molecule has 0 bridgehead atoms. The Kier molecular flexibility index (Phi) is 3.92. The van der Waals surface area contributed by atoms with Gasteiger partial charge in [0, 0.05) is 26.2 Å². The normalized spacial score (nSPS) is 15.1. The number of rotatable bonds is 5. The summed E-state index contributed by atoms with van der Waals surface area (Å²) in [4.78, 5) is 7.01. The minimum absolute atomic E-state index is 0.842. The monoisotopic (exact) mass is 272 g/mol. The lowest BCUT2D eigenvalue weighted by Gasteiger charge is -2.26. The van der Waals surface area contributed by atoms with E-state index in [-0.39, 0.29) is 0 Å². The summed E-state index contributed by atoms with van der Waals surface area (Å²) in [5, 5.41) is 11.4. The van der Waals surface area contributed by atoms with Crippen LogP contribution in [0.4, 0.5) is 5.82 Å². The van der Waals surface area contributed by atoms with Gasteiger partial charge in [-0.15, -0.1) is 10.2 Å². The van der Waals surface area contributed by atoms with Gasteiger partial charge in [0.05, 0.1) is 12.2 Å². The Bertz CT molecular complexity index is 564. The lowest BCUT2D eigenvalue weighted by Crippen LogP contribution is -2.33. The van der Waals surface area contributed by atoms with Crippen LogP contribution in [-0.2, 0) is 19.6 Å². The predicted molar refractivity (Wildman–Crippen MR) is 77.2 cm³/mol. The van der Waals surface area contributed by atoms with Crippen molar-refractivity contribution in [2.45, 2.75) is 33.0 Å². The van der Waals surface area contributed by atoms with Crippen LogP contribution < -0.4 is 5.32 Å². The van der Waals surface area contributed by atoms with Gasteiger partial charge >= 0.3 is 0 Å². The van der Waals surface area contributed by atoms with Crippen LogP contribution in [0.3, 0.4) is 0 Å². The Balaban J connectivity index is 1.63. The van der Waals surface area contributed by atoms with Gasteiger partial charge in [0.2, 0.25) is 0 Å². The van der Waals surface area contributed by atoms with E-state index in [2.05, 4.69) is 49.0 Å². The highest BCUT2D eigenvalue weighted by atomic mass is 15.3. The SMILES string of the molecule is CCCNc1cccc(CN2CCn3cnnc3C2)n1. The van der Waals surface area contributed by atoms with Crippen molar-refractivity contribution < 1.29 is 0 Å². The summed E-state index contributed by atoms with van der Waals surface area (Å²) >= 11 is 0. The lowest BCUT2D eigenvalue weighted by molar-refractivity contribution is 0.206. The van der Waals surface area contributed by atoms with Crippen molar-refractivity contribution >= 4 is 5.82 Å². The zero-order chi connectivity index (χ0) is 13.8. The summed E-state index contributed by atoms with van der Waals surface area (Å²) in [6.45, 7) is 6.78. The zero-order valence-corrected chi connectivity index (χ0v) is 11.8. The van der Waals surface area contributed by atoms with Gasteiger partial charge in [0.25, 0.3) is 0 Å². The summed E-state index contributed by atoms with van der Waals surface area (Å²) in [6.07, 6.45) is 2.91. The molecule has 6 heteroatoms. The van der Waals surface area contributed by atoms with Gasteiger partial charge in [-0.25, -0.2) is 4.98 Å². The van der Waals surface area contributed by atoms with Crippen LogP contribution in [0, 0.1) is 0 Å². The van der Waals surface area contributed by atoms with E-state index in [0.717, 1.165) is 56.5 Å².